The number of halogens is 1. The Morgan fingerprint density at radius 2 is 1.70 bits per heavy atom. The highest BCUT2D eigenvalue weighted by Gasteiger charge is 2.49. The number of amides is 4. The van der Waals surface area contributed by atoms with Crippen LogP contribution in [0.1, 0.15) is 42.6 Å². The van der Waals surface area contributed by atoms with E-state index >= 15 is 0 Å². The Balaban J connectivity index is 1.70. The molecule has 1 fully saturated rings. The number of Topliss-reactive ketones (excluding diaryl/α,β-unsaturated/α-hetero) is 1. The van der Waals surface area contributed by atoms with Gasteiger partial charge in [0.2, 0.25) is 5.91 Å². The maximum absolute atomic E-state index is 13.2. The zero-order valence-electron chi connectivity index (χ0n) is 16.7. The van der Waals surface area contributed by atoms with E-state index in [-0.39, 0.29) is 5.91 Å². The third-order valence-electron chi connectivity index (χ3n) is 4.97. The van der Waals surface area contributed by atoms with E-state index in [1.54, 1.807) is 12.1 Å². The molecule has 1 saturated heterocycles. The molecule has 7 nitrogen and oxygen atoms in total. The fourth-order valence-electron chi connectivity index (χ4n) is 3.24. The first-order chi connectivity index (χ1) is 14.2. The van der Waals surface area contributed by atoms with Crippen molar-refractivity contribution in [2.75, 3.05) is 11.9 Å². The van der Waals surface area contributed by atoms with Gasteiger partial charge in [-0.1, -0.05) is 19.1 Å². The smallest absolute Gasteiger partial charge is 0.325 e. The summed E-state index contributed by atoms with van der Waals surface area (Å²) in [5, 5.41) is 5.30. The summed E-state index contributed by atoms with van der Waals surface area (Å²) in [4.78, 5) is 50.3. The standard InChI is InChI=1S/C22H22FN3O4/c1-3-4-19(28)24-17-11-5-14(6-12-17)18(27)13-26-20(29)22(2,25-21(26)30)15-7-9-16(23)10-8-15/h5-12H,3-4,13H2,1-2H3,(H,24,28)(H,25,30). The quantitative estimate of drug-likeness (QED) is 0.540. The summed E-state index contributed by atoms with van der Waals surface area (Å²) < 4.78 is 13.2. The van der Waals surface area contributed by atoms with E-state index in [0.717, 1.165) is 11.3 Å². The normalized spacial score (nSPS) is 18.3. The molecule has 0 bridgehead atoms. The molecule has 1 atom stereocenters. The lowest BCUT2D eigenvalue weighted by Crippen LogP contribution is -2.41. The second kappa shape index (κ2) is 8.44. The van der Waals surface area contributed by atoms with Crippen LogP contribution in [0, 0.1) is 5.82 Å². The monoisotopic (exact) mass is 411 g/mol. The molecule has 0 aromatic heterocycles. The van der Waals surface area contributed by atoms with Gasteiger partial charge < -0.3 is 10.6 Å². The number of anilines is 1. The van der Waals surface area contributed by atoms with Gasteiger partial charge in [0.1, 0.15) is 11.4 Å². The van der Waals surface area contributed by atoms with Crippen LogP contribution in [0.3, 0.4) is 0 Å². The molecule has 0 spiro atoms. The Morgan fingerprint density at radius 3 is 2.30 bits per heavy atom. The first-order valence-corrected chi connectivity index (χ1v) is 9.58. The first kappa shape index (κ1) is 21.2. The Bertz CT molecular complexity index is 988. The summed E-state index contributed by atoms with van der Waals surface area (Å²) in [5.41, 5.74) is -0.0916. The van der Waals surface area contributed by atoms with Gasteiger partial charge in [0.15, 0.2) is 5.78 Å². The zero-order valence-corrected chi connectivity index (χ0v) is 16.7. The molecular formula is C22H22FN3O4. The summed E-state index contributed by atoms with van der Waals surface area (Å²) in [6.45, 7) is 2.99. The summed E-state index contributed by atoms with van der Waals surface area (Å²) in [6, 6.07) is 10.8. The van der Waals surface area contributed by atoms with Crippen LogP contribution in [0.5, 0.6) is 0 Å². The first-order valence-electron chi connectivity index (χ1n) is 9.58. The van der Waals surface area contributed by atoms with Crippen molar-refractivity contribution in [3.05, 3.63) is 65.5 Å². The molecule has 1 heterocycles. The number of nitrogens with one attached hydrogen (secondary N) is 2. The Hall–Kier alpha value is -3.55. The number of carbonyl (C=O) groups is 4. The molecule has 8 heteroatoms. The van der Waals surface area contributed by atoms with Gasteiger partial charge in [-0.3, -0.25) is 19.3 Å². The van der Waals surface area contributed by atoms with Gasteiger partial charge in [-0.2, -0.15) is 0 Å². The van der Waals surface area contributed by atoms with E-state index < -0.39 is 35.6 Å². The number of rotatable bonds is 7. The highest BCUT2D eigenvalue weighted by atomic mass is 19.1. The Morgan fingerprint density at radius 1 is 1.07 bits per heavy atom. The maximum atomic E-state index is 13.2. The summed E-state index contributed by atoms with van der Waals surface area (Å²) in [7, 11) is 0. The van der Waals surface area contributed by atoms with E-state index in [1.165, 1.54) is 43.3 Å². The molecule has 4 amide bonds. The Labute approximate surface area is 173 Å². The summed E-state index contributed by atoms with van der Waals surface area (Å²) in [6.07, 6.45) is 1.13. The lowest BCUT2D eigenvalue weighted by Gasteiger charge is -2.22. The van der Waals surface area contributed by atoms with E-state index in [2.05, 4.69) is 10.6 Å². The fraction of sp³-hybridized carbons (Fsp3) is 0.273. The van der Waals surface area contributed by atoms with Gasteiger partial charge >= 0.3 is 6.03 Å². The molecule has 0 saturated carbocycles. The minimum absolute atomic E-state index is 0.115. The van der Waals surface area contributed by atoms with E-state index in [1.807, 2.05) is 6.92 Å². The van der Waals surface area contributed by atoms with Crippen LogP contribution in [-0.4, -0.2) is 35.1 Å². The van der Waals surface area contributed by atoms with E-state index in [4.69, 9.17) is 0 Å². The van der Waals surface area contributed by atoms with Crippen molar-refractivity contribution < 1.29 is 23.6 Å². The number of ketones is 1. The van der Waals surface area contributed by atoms with Crippen molar-refractivity contribution in [2.45, 2.75) is 32.2 Å². The summed E-state index contributed by atoms with van der Waals surface area (Å²) in [5.74, 6) is -1.58. The van der Waals surface area contributed by atoms with Crippen LogP contribution in [0.4, 0.5) is 14.9 Å². The zero-order chi connectivity index (χ0) is 21.9. The van der Waals surface area contributed by atoms with Gasteiger partial charge in [-0.05, 0) is 55.3 Å². The number of urea groups is 1. The van der Waals surface area contributed by atoms with Crippen LogP contribution in [0.15, 0.2) is 48.5 Å². The topological polar surface area (TPSA) is 95.6 Å². The van der Waals surface area contributed by atoms with Gasteiger partial charge in [0, 0.05) is 17.7 Å². The molecule has 3 rings (SSSR count). The fourth-order valence-corrected chi connectivity index (χ4v) is 3.24. The molecule has 2 aromatic carbocycles. The molecule has 2 N–H and O–H groups in total. The SMILES string of the molecule is CCCC(=O)Nc1ccc(C(=O)CN2C(=O)NC(C)(c3ccc(F)cc3)C2=O)cc1. The van der Waals surface area contributed by atoms with Crippen LogP contribution in [0.25, 0.3) is 0 Å². The van der Waals surface area contributed by atoms with Crippen molar-refractivity contribution >= 4 is 29.3 Å². The minimum Gasteiger partial charge on any atom is -0.326 e. The average Bonchev–Trinajstić information content (AvgIpc) is 2.93. The van der Waals surface area contributed by atoms with E-state index in [9.17, 15) is 23.6 Å². The third-order valence-corrected chi connectivity index (χ3v) is 4.97. The predicted molar refractivity (Wildman–Crippen MR) is 108 cm³/mol. The largest absolute Gasteiger partial charge is 0.326 e. The third kappa shape index (κ3) is 4.22. The van der Waals surface area contributed by atoms with Gasteiger partial charge in [0.05, 0.1) is 6.54 Å². The van der Waals surface area contributed by atoms with Gasteiger partial charge in [-0.15, -0.1) is 0 Å². The van der Waals surface area contributed by atoms with E-state index in [0.29, 0.717) is 23.2 Å². The number of hydrogen-bond donors (Lipinski definition) is 2. The van der Waals surface area contributed by atoms with Gasteiger partial charge in [-0.25, -0.2) is 9.18 Å². The number of imide groups is 1. The number of hydrogen-bond acceptors (Lipinski definition) is 4. The lowest BCUT2D eigenvalue weighted by atomic mass is 9.92. The second-order valence-electron chi connectivity index (χ2n) is 7.25. The molecule has 30 heavy (non-hydrogen) atoms. The Kier molecular flexibility index (Phi) is 5.96. The van der Waals surface area contributed by atoms with Crippen molar-refractivity contribution in [1.82, 2.24) is 10.2 Å². The molecule has 1 aliphatic heterocycles. The molecule has 0 radical (unpaired) electrons. The van der Waals surface area contributed by atoms with Crippen molar-refractivity contribution in [3.8, 4) is 0 Å². The molecule has 1 aliphatic rings. The number of benzene rings is 2. The van der Waals surface area contributed by atoms with Crippen molar-refractivity contribution in [3.63, 3.8) is 0 Å². The van der Waals surface area contributed by atoms with Crippen LogP contribution in [-0.2, 0) is 15.1 Å². The molecule has 2 aromatic rings. The molecule has 156 valence electrons. The predicted octanol–water partition coefficient (Wildman–Crippen LogP) is 3.21. The number of carbonyl (C=O) groups excluding carboxylic acids is 4. The van der Waals surface area contributed by atoms with Gasteiger partial charge in [0.25, 0.3) is 5.91 Å². The second-order valence-corrected chi connectivity index (χ2v) is 7.25. The highest BCUT2D eigenvalue weighted by Crippen LogP contribution is 2.29. The summed E-state index contributed by atoms with van der Waals surface area (Å²) >= 11 is 0. The molecular weight excluding hydrogens is 389 g/mol. The highest BCUT2D eigenvalue weighted by molar-refractivity contribution is 6.11. The maximum Gasteiger partial charge on any atom is 0.325 e. The lowest BCUT2D eigenvalue weighted by molar-refractivity contribution is -0.130. The molecule has 1 unspecified atom stereocenters. The average molecular weight is 411 g/mol. The minimum atomic E-state index is -1.38. The van der Waals surface area contributed by atoms with Crippen molar-refractivity contribution in [1.29, 1.82) is 0 Å². The van der Waals surface area contributed by atoms with Crippen LogP contribution in [0.2, 0.25) is 0 Å². The molecule has 0 aliphatic carbocycles. The number of nitrogens with zero attached hydrogens (tertiary/aromatic N) is 1. The van der Waals surface area contributed by atoms with Crippen molar-refractivity contribution in [2.24, 2.45) is 0 Å². The van der Waals surface area contributed by atoms with Crippen LogP contribution >= 0.6 is 0 Å². The van der Waals surface area contributed by atoms with Crippen LogP contribution < -0.4 is 10.6 Å².